The number of piperidine rings is 1. The molecule has 1 unspecified atom stereocenters. The number of rotatable bonds is 6. The van der Waals surface area contributed by atoms with Gasteiger partial charge in [-0.2, -0.15) is 0 Å². The van der Waals surface area contributed by atoms with Crippen LogP contribution in [0, 0.1) is 0 Å². The van der Waals surface area contributed by atoms with E-state index in [9.17, 15) is 4.79 Å². The van der Waals surface area contributed by atoms with Crippen molar-refractivity contribution in [2.75, 3.05) is 33.4 Å². The maximum Gasteiger partial charge on any atom is 0.222 e. The molecule has 0 radical (unpaired) electrons. The highest BCUT2D eigenvalue weighted by molar-refractivity contribution is 5.78. The standard InChI is InChI=1S/C16H26N4O2/c1-22-9-8-19-13-17-10-15(19)12-18-6-2-4-14(11-18)20-7-3-5-16(20)21/h10,13-14H,2-9,11-12H2,1H3. The van der Waals surface area contributed by atoms with Crippen molar-refractivity contribution < 1.29 is 9.53 Å². The summed E-state index contributed by atoms with van der Waals surface area (Å²) in [5.74, 6) is 0.344. The molecule has 0 saturated carbocycles. The molecule has 2 fully saturated rings. The van der Waals surface area contributed by atoms with Gasteiger partial charge in [-0.1, -0.05) is 0 Å². The van der Waals surface area contributed by atoms with Crippen LogP contribution in [0.3, 0.4) is 0 Å². The van der Waals surface area contributed by atoms with Crippen molar-refractivity contribution in [1.29, 1.82) is 0 Å². The summed E-state index contributed by atoms with van der Waals surface area (Å²) in [5, 5.41) is 0. The minimum atomic E-state index is 0.344. The van der Waals surface area contributed by atoms with E-state index in [4.69, 9.17) is 4.74 Å². The molecule has 2 aliphatic heterocycles. The first-order valence-electron chi connectivity index (χ1n) is 8.27. The fourth-order valence-corrected chi connectivity index (χ4v) is 3.58. The van der Waals surface area contributed by atoms with Crippen molar-refractivity contribution in [2.24, 2.45) is 0 Å². The van der Waals surface area contributed by atoms with E-state index in [-0.39, 0.29) is 0 Å². The molecule has 6 heteroatoms. The Balaban J connectivity index is 1.58. The van der Waals surface area contributed by atoms with Gasteiger partial charge in [0.2, 0.25) is 5.91 Å². The molecule has 0 spiro atoms. The maximum absolute atomic E-state index is 11.9. The van der Waals surface area contributed by atoms with Gasteiger partial charge in [-0.05, 0) is 25.8 Å². The van der Waals surface area contributed by atoms with Crippen LogP contribution in [0.15, 0.2) is 12.5 Å². The van der Waals surface area contributed by atoms with Crippen LogP contribution in [0.1, 0.15) is 31.4 Å². The second-order valence-corrected chi connectivity index (χ2v) is 6.29. The molecule has 1 amide bonds. The van der Waals surface area contributed by atoms with Gasteiger partial charge in [-0.25, -0.2) is 4.98 Å². The summed E-state index contributed by atoms with van der Waals surface area (Å²) < 4.78 is 7.31. The first kappa shape index (κ1) is 15.5. The molecule has 22 heavy (non-hydrogen) atoms. The molecule has 1 atom stereocenters. The number of nitrogens with zero attached hydrogens (tertiary/aromatic N) is 4. The van der Waals surface area contributed by atoms with E-state index < -0.39 is 0 Å². The smallest absolute Gasteiger partial charge is 0.222 e. The number of likely N-dealkylation sites (tertiary alicyclic amines) is 2. The van der Waals surface area contributed by atoms with Crippen molar-refractivity contribution in [3.8, 4) is 0 Å². The van der Waals surface area contributed by atoms with Gasteiger partial charge in [0.05, 0.1) is 18.6 Å². The van der Waals surface area contributed by atoms with Crippen molar-refractivity contribution in [1.82, 2.24) is 19.4 Å². The Morgan fingerprint density at radius 3 is 3.05 bits per heavy atom. The number of carbonyl (C=O) groups excluding carboxylic acids is 1. The number of methoxy groups -OCH3 is 1. The van der Waals surface area contributed by atoms with E-state index in [2.05, 4.69) is 19.4 Å². The lowest BCUT2D eigenvalue weighted by Gasteiger charge is -2.37. The predicted octanol–water partition coefficient (Wildman–Crippen LogP) is 1.12. The summed E-state index contributed by atoms with van der Waals surface area (Å²) in [5.41, 5.74) is 1.23. The predicted molar refractivity (Wildman–Crippen MR) is 83.3 cm³/mol. The largest absolute Gasteiger partial charge is 0.383 e. The molecule has 3 rings (SSSR count). The van der Waals surface area contributed by atoms with Crippen LogP contribution in [-0.2, 0) is 22.6 Å². The first-order valence-corrected chi connectivity index (χ1v) is 8.27. The van der Waals surface area contributed by atoms with Gasteiger partial charge in [-0.3, -0.25) is 9.69 Å². The van der Waals surface area contributed by atoms with Crippen LogP contribution in [0.4, 0.5) is 0 Å². The van der Waals surface area contributed by atoms with E-state index in [0.29, 0.717) is 18.6 Å². The highest BCUT2D eigenvalue weighted by Crippen LogP contribution is 2.22. The Morgan fingerprint density at radius 1 is 1.36 bits per heavy atom. The van der Waals surface area contributed by atoms with Crippen LogP contribution in [0.25, 0.3) is 0 Å². The third-order valence-corrected chi connectivity index (χ3v) is 4.75. The number of hydrogen-bond acceptors (Lipinski definition) is 4. The van der Waals surface area contributed by atoms with Crippen LogP contribution < -0.4 is 0 Å². The van der Waals surface area contributed by atoms with Crippen molar-refractivity contribution >= 4 is 5.91 Å². The molecule has 2 saturated heterocycles. The van der Waals surface area contributed by atoms with Gasteiger partial charge in [0, 0.05) is 51.9 Å². The molecule has 2 aliphatic rings. The molecule has 0 aliphatic carbocycles. The summed E-state index contributed by atoms with van der Waals surface area (Å²) in [7, 11) is 1.72. The molecule has 3 heterocycles. The van der Waals surface area contributed by atoms with Gasteiger partial charge in [0.1, 0.15) is 0 Å². The summed E-state index contributed by atoms with van der Waals surface area (Å²) in [6.45, 7) is 5.49. The number of amides is 1. The highest BCUT2D eigenvalue weighted by Gasteiger charge is 2.31. The summed E-state index contributed by atoms with van der Waals surface area (Å²) in [6, 6.07) is 0.402. The number of hydrogen-bond donors (Lipinski definition) is 0. The lowest BCUT2D eigenvalue weighted by atomic mass is 10.0. The topological polar surface area (TPSA) is 50.6 Å². The van der Waals surface area contributed by atoms with Crippen LogP contribution >= 0.6 is 0 Å². The highest BCUT2D eigenvalue weighted by atomic mass is 16.5. The van der Waals surface area contributed by atoms with Gasteiger partial charge >= 0.3 is 0 Å². The van der Waals surface area contributed by atoms with Crippen LogP contribution in [-0.4, -0.2) is 64.7 Å². The molecule has 1 aromatic rings. The lowest BCUT2D eigenvalue weighted by Crippen LogP contribution is -2.48. The monoisotopic (exact) mass is 306 g/mol. The van der Waals surface area contributed by atoms with E-state index in [1.165, 1.54) is 12.1 Å². The quantitative estimate of drug-likeness (QED) is 0.790. The Labute approximate surface area is 132 Å². The molecule has 122 valence electrons. The van der Waals surface area contributed by atoms with E-state index in [0.717, 1.165) is 52.0 Å². The first-order chi connectivity index (χ1) is 10.8. The van der Waals surface area contributed by atoms with Crippen molar-refractivity contribution in [3.05, 3.63) is 18.2 Å². The second kappa shape index (κ2) is 7.24. The van der Waals surface area contributed by atoms with Crippen LogP contribution in [0.5, 0.6) is 0 Å². The maximum atomic E-state index is 11.9. The Hall–Kier alpha value is -1.40. The summed E-state index contributed by atoms with van der Waals surface area (Å²) >= 11 is 0. The van der Waals surface area contributed by atoms with E-state index in [1.807, 2.05) is 12.5 Å². The minimum Gasteiger partial charge on any atom is -0.383 e. The SMILES string of the molecule is COCCn1cncc1CN1CCCC(N2CCCC2=O)C1. The molecule has 0 bridgehead atoms. The average Bonchev–Trinajstić information content (AvgIpc) is 3.14. The van der Waals surface area contributed by atoms with Gasteiger partial charge in [-0.15, -0.1) is 0 Å². The van der Waals surface area contributed by atoms with Crippen LogP contribution in [0.2, 0.25) is 0 Å². The number of carbonyl (C=O) groups is 1. The fourth-order valence-electron chi connectivity index (χ4n) is 3.58. The molecule has 0 N–H and O–H groups in total. The molecular weight excluding hydrogens is 280 g/mol. The van der Waals surface area contributed by atoms with Gasteiger partial charge in [0.15, 0.2) is 0 Å². The third-order valence-electron chi connectivity index (χ3n) is 4.75. The third kappa shape index (κ3) is 3.50. The number of imidazole rings is 1. The Kier molecular flexibility index (Phi) is 5.10. The zero-order valence-electron chi connectivity index (χ0n) is 13.4. The minimum absolute atomic E-state index is 0.344. The molecule has 0 aromatic carbocycles. The zero-order valence-corrected chi connectivity index (χ0v) is 13.4. The number of aromatic nitrogens is 2. The summed E-state index contributed by atoms with van der Waals surface area (Å²) in [6.07, 6.45) is 7.89. The fraction of sp³-hybridized carbons (Fsp3) is 0.750. The Bertz CT molecular complexity index is 502. The molecule has 1 aromatic heterocycles. The molecule has 6 nitrogen and oxygen atoms in total. The Morgan fingerprint density at radius 2 is 2.27 bits per heavy atom. The molecular formula is C16H26N4O2. The lowest BCUT2D eigenvalue weighted by molar-refractivity contribution is -0.130. The van der Waals surface area contributed by atoms with E-state index >= 15 is 0 Å². The summed E-state index contributed by atoms with van der Waals surface area (Å²) in [4.78, 5) is 20.8. The zero-order chi connectivity index (χ0) is 15.4. The van der Waals surface area contributed by atoms with Crippen molar-refractivity contribution in [3.63, 3.8) is 0 Å². The second-order valence-electron chi connectivity index (χ2n) is 6.29. The normalized spacial score (nSPS) is 23.4. The van der Waals surface area contributed by atoms with Crippen molar-refractivity contribution in [2.45, 2.75) is 44.8 Å². The van der Waals surface area contributed by atoms with Gasteiger partial charge in [0.25, 0.3) is 0 Å². The van der Waals surface area contributed by atoms with Gasteiger partial charge < -0.3 is 14.2 Å². The number of ether oxygens (including phenoxy) is 1. The average molecular weight is 306 g/mol. The van der Waals surface area contributed by atoms with E-state index in [1.54, 1.807) is 7.11 Å².